The van der Waals surface area contributed by atoms with Crippen LogP contribution in [0.25, 0.3) is 11.1 Å². The Morgan fingerprint density at radius 2 is 1.32 bits per heavy atom. The third-order valence-electron chi connectivity index (χ3n) is 4.96. The molecule has 0 saturated carbocycles. The number of hydrogen-bond donors (Lipinski definition) is 5. The fourth-order valence-electron chi connectivity index (χ4n) is 3.53. The van der Waals surface area contributed by atoms with Crippen molar-refractivity contribution in [2.45, 2.75) is 6.92 Å². The normalized spacial score (nSPS) is 12.6. The number of anilines is 2. The van der Waals surface area contributed by atoms with Crippen LogP contribution < -0.4 is 11.5 Å². The molecule has 1 aliphatic carbocycles. The lowest BCUT2D eigenvalue weighted by Gasteiger charge is -2.23. The van der Waals surface area contributed by atoms with Crippen LogP contribution in [0.5, 0.6) is 17.2 Å². The number of ketones is 2. The van der Waals surface area contributed by atoms with E-state index in [4.69, 9.17) is 11.5 Å². The second-order valence-corrected chi connectivity index (χ2v) is 6.70. The summed E-state index contributed by atoms with van der Waals surface area (Å²) in [5.41, 5.74) is 12.4. The van der Waals surface area contributed by atoms with E-state index in [1.54, 1.807) is 19.1 Å². The summed E-state index contributed by atoms with van der Waals surface area (Å²) in [5.74, 6) is -2.10. The third-order valence-corrected chi connectivity index (χ3v) is 4.96. The molecule has 7 nitrogen and oxygen atoms in total. The van der Waals surface area contributed by atoms with Crippen LogP contribution in [0.15, 0.2) is 36.4 Å². The van der Waals surface area contributed by atoms with Crippen molar-refractivity contribution in [1.29, 1.82) is 0 Å². The number of fused-ring (bicyclic) bond motifs is 2. The van der Waals surface area contributed by atoms with Gasteiger partial charge >= 0.3 is 0 Å². The van der Waals surface area contributed by atoms with E-state index in [0.29, 0.717) is 11.1 Å². The van der Waals surface area contributed by atoms with E-state index in [2.05, 4.69) is 0 Å². The SMILES string of the molecule is Cc1cc(-c2cc(N)c3c(c2O)C(=O)c2c(N)ccc(O)c2C3=O)ccc1O. The maximum atomic E-state index is 13.1. The second-order valence-electron chi connectivity index (χ2n) is 6.70. The van der Waals surface area contributed by atoms with Crippen molar-refractivity contribution in [1.82, 2.24) is 0 Å². The van der Waals surface area contributed by atoms with Gasteiger partial charge in [-0.2, -0.15) is 0 Å². The van der Waals surface area contributed by atoms with E-state index in [-0.39, 0.29) is 50.7 Å². The summed E-state index contributed by atoms with van der Waals surface area (Å²) in [4.78, 5) is 26.1. The molecule has 0 heterocycles. The molecule has 0 bridgehead atoms. The van der Waals surface area contributed by atoms with Gasteiger partial charge in [-0.1, -0.05) is 6.07 Å². The zero-order valence-corrected chi connectivity index (χ0v) is 14.8. The number of nitrogens with two attached hydrogens (primary N) is 2. The number of carbonyl (C=O) groups excluding carboxylic acids is 2. The molecule has 4 rings (SSSR count). The highest BCUT2D eigenvalue weighted by molar-refractivity contribution is 6.33. The Hall–Kier alpha value is -4.00. The minimum atomic E-state index is -0.695. The van der Waals surface area contributed by atoms with Gasteiger partial charge in [0, 0.05) is 16.9 Å². The van der Waals surface area contributed by atoms with Crippen LogP contribution in [0.1, 0.15) is 37.4 Å². The largest absolute Gasteiger partial charge is 0.508 e. The van der Waals surface area contributed by atoms with E-state index in [9.17, 15) is 24.9 Å². The first kappa shape index (κ1) is 17.4. The Morgan fingerprint density at radius 1 is 0.714 bits per heavy atom. The van der Waals surface area contributed by atoms with Crippen molar-refractivity contribution >= 4 is 22.9 Å². The number of phenols is 3. The van der Waals surface area contributed by atoms with Crippen LogP contribution in [0.4, 0.5) is 11.4 Å². The van der Waals surface area contributed by atoms with Crippen LogP contribution in [0.3, 0.4) is 0 Å². The summed E-state index contributed by atoms with van der Waals surface area (Å²) in [6.07, 6.45) is 0. The molecule has 3 aromatic carbocycles. The van der Waals surface area contributed by atoms with Gasteiger partial charge in [-0.3, -0.25) is 9.59 Å². The van der Waals surface area contributed by atoms with Crippen LogP contribution >= 0.6 is 0 Å². The van der Waals surface area contributed by atoms with Gasteiger partial charge in [0.1, 0.15) is 17.2 Å². The molecule has 28 heavy (non-hydrogen) atoms. The fourth-order valence-corrected chi connectivity index (χ4v) is 3.53. The van der Waals surface area contributed by atoms with Crippen molar-refractivity contribution < 1.29 is 24.9 Å². The highest BCUT2D eigenvalue weighted by Gasteiger charge is 2.38. The molecule has 0 unspecified atom stereocenters. The average molecular weight is 376 g/mol. The number of rotatable bonds is 1. The molecule has 7 N–H and O–H groups in total. The lowest BCUT2D eigenvalue weighted by Crippen LogP contribution is -2.24. The van der Waals surface area contributed by atoms with Gasteiger partial charge in [0.15, 0.2) is 0 Å². The topological polar surface area (TPSA) is 147 Å². The highest BCUT2D eigenvalue weighted by Crippen LogP contribution is 2.45. The van der Waals surface area contributed by atoms with Gasteiger partial charge in [0.05, 0.1) is 22.3 Å². The van der Waals surface area contributed by atoms with Gasteiger partial charge in [0.25, 0.3) is 0 Å². The zero-order chi connectivity index (χ0) is 20.3. The highest BCUT2D eigenvalue weighted by atomic mass is 16.3. The fraction of sp³-hybridized carbons (Fsp3) is 0.0476. The standard InChI is InChI=1S/C21H16N2O5/c1-8-6-9(2-4-13(8)24)10-7-12(23)16-18(19(10)26)21(28)15-11(22)3-5-14(25)17(15)20(16)27/h2-7,24-26H,22-23H2,1H3. The maximum absolute atomic E-state index is 13.1. The molecule has 0 atom stereocenters. The van der Waals surface area contributed by atoms with Gasteiger partial charge in [-0.05, 0) is 48.4 Å². The van der Waals surface area contributed by atoms with E-state index < -0.39 is 17.3 Å². The minimum Gasteiger partial charge on any atom is -0.508 e. The van der Waals surface area contributed by atoms with Crippen molar-refractivity contribution in [2.75, 3.05) is 11.5 Å². The average Bonchev–Trinajstić information content (AvgIpc) is 2.65. The van der Waals surface area contributed by atoms with Crippen LogP contribution in [-0.2, 0) is 0 Å². The number of aryl methyl sites for hydroxylation is 1. The predicted octanol–water partition coefficient (Wildman–Crippen LogP) is 2.72. The van der Waals surface area contributed by atoms with E-state index >= 15 is 0 Å². The summed E-state index contributed by atoms with van der Waals surface area (Å²) in [6, 6.07) is 8.58. The van der Waals surface area contributed by atoms with Crippen LogP contribution in [0, 0.1) is 6.92 Å². The molecule has 0 amide bonds. The Bertz CT molecular complexity index is 1210. The third kappa shape index (κ3) is 2.23. The quantitative estimate of drug-likeness (QED) is 0.253. The molecule has 0 saturated heterocycles. The van der Waals surface area contributed by atoms with Crippen molar-refractivity contribution in [3.63, 3.8) is 0 Å². The molecular formula is C21H16N2O5. The summed E-state index contributed by atoms with van der Waals surface area (Å²) < 4.78 is 0. The lowest BCUT2D eigenvalue weighted by molar-refractivity contribution is 0.0975. The van der Waals surface area contributed by atoms with E-state index in [0.717, 1.165) is 0 Å². The molecule has 0 radical (unpaired) electrons. The van der Waals surface area contributed by atoms with Gasteiger partial charge < -0.3 is 26.8 Å². The van der Waals surface area contributed by atoms with E-state index in [1.807, 2.05) is 0 Å². The summed E-state index contributed by atoms with van der Waals surface area (Å²) in [5, 5.41) is 30.7. The predicted molar refractivity (Wildman–Crippen MR) is 104 cm³/mol. The number of carbonyl (C=O) groups is 2. The zero-order valence-electron chi connectivity index (χ0n) is 14.8. The molecular weight excluding hydrogens is 360 g/mol. The first-order valence-corrected chi connectivity index (χ1v) is 8.38. The molecule has 1 aliphatic rings. The Balaban J connectivity index is 2.04. The molecule has 0 spiro atoms. The van der Waals surface area contributed by atoms with Gasteiger partial charge in [-0.15, -0.1) is 0 Å². The van der Waals surface area contributed by atoms with Crippen molar-refractivity contribution in [3.05, 3.63) is 64.2 Å². The number of aromatic hydroxyl groups is 3. The molecule has 140 valence electrons. The van der Waals surface area contributed by atoms with Crippen molar-refractivity contribution in [2.24, 2.45) is 0 Å². The van der Waals surface area contributed by atoms with Crippen LogP contribution in [-0.4, -0.2) is 26.9 Å². The number of hydrogen-bond acceptors (Lipinski definition) is 7. The lowest BCUT2D eigenvalue weighted by atomic mass is 9.80. The maximum Gasteiger partial charge on any atom is 0.200 e. The summed E-state index contributed by atoms with van der Waals surface area (Å²) >= 11 is 0. The molecule has 7 heteroatoms. The van der Waals surface area contributed by atoms with Crippen LogP contribution in [0.2, 0.25) is 0 Å². The Morgan fingerprint density at radius 3 is 2.00 bits per heavy atom. The Labute approximate surface area is 159 Å². The Kier molecular flexibility index (Phi) is 3.58. The second kappa shape index (κ2) is 5.75. The summed E-state index contributed by atoms with van der Waals surface area (Å²) in [7, 11) is 0. The summed E-state index contributed by atoms with van der Waals surface area (Å²) in [6.45, 7) is 1.69. The van der Waals surface area contributed by atoms with E-state index in [1.165, 1.54) is 24.3 Å². The minimum absolute atomic E-state index is 0.0145. The molecule has 3 aromatic rings. The van der Waals surface area contributed by atoms with Gasteiger partial charge in [0.2, 0.25) is 11.6 Å². The molecule has 0 aliphatic heterocycles. The monoisotopic (exact) mass is 376 g/mol. The first-order valence-electron chi connectivity index (χ1n) is 8.38. The molecule has 0 fully saturated rings. The van der Waals surface area contributed by atoms with Crippen molar-refractivity contribution in [3.8, 4) is 28.4 Å². The first-order chi connectivity index (χ1) is 13.2. The number of benzene rings is 3. The van der Waals surface area contributed by atoms with Gasteiger partial charge in [-0.25, -0.2) is 0 Å². The number of nitrogen functional groups attached to an aromatic ring is 2. The number of phenolic OH excluding ortho intramolecular Hbond substituents is 3. The molecule has 0 aromatic heterocycles. The smallest absolute Gasteiger partial charge is 0.200 e.